The van der Waals surface area contributed by atoms with Crippen molar-refractivity contribution in [2.75, 3.05) is 32.7 Å². The van der Waals surface area contributed by atoms with Crippen molar-refractivity contribution < 1.29 is 9.59 Å². The zero-order valence-electron chi connectivity index (χ0n) is 13.7. The fraction of sp³-hybridized carbons (Fsp3) is 0.471. The molecule has 0 bridgehead atoms. The highest BCUT2D eigenvalue weighted by molar-refractivity contribution is 5.91. The summed E-state index contributed by atoms with van der Waals surface area (Å²) in [4.78, 5) is 31.8. The first-order valence-corrected chi connectivity index (χ1v) is 7.93. The third-order valence-corrected chi connectivity index (χ3v) is 3.60. The van der Waals surface area contributed by atoms with Gasteiger partial charge in [0.15, 0.2) is 0 Å². The number of rotatable bonds is 5. The summed E-state index contributed by atoms with van der Waals surface area (Å²) >= 11 is 0. The molecule has 1 aromatic heterocycles. The summed E-state index contributed by atoms with van der Waals surface area (Å²) in [6.45, 7) is 7.02. The van der Waals surface area contributed by atoms with E-state index >= 15 is 0 Å². The molecule has 124 valence electrons. The number of nitrogens with one attached hydrogen (secondary N) is 1. The summed E-state index contributed by atoms with van der Waals surface area (Å²) in [5.74, 6) is 0.0383. The van der Waals surface area contributed by atoms with Gasteiger partial charge >= 0.3 is 0 Å². The summed E-state index contributed by atoms with van der Waals surface area (Å²) in [5.41, 5.74) is 0.907. The zero-order chi connectivity index (χ0) is 16.7. The maximum Gasteiger partial charge on any atom is 0.246 e. The molecule has 1 N–H and O–H groups in total. The highest BCUT2D eigenvalue weighted by Crippen LogP contribution is 2.05. The van der Waals surface area contributed by atoms with E-state index in [1.165, 1.54) is 0 Å². The maximum absolute atomic E-state index is 12.2. The second-order valence-electron chi connectivity index (χ2n) is 5.94. The topological polar surface area (TPSA) is 65.5 Å². The van der Waals surface area contributed by atoms with E-state index < -0.39 is 0 Å². The Balaban J connectivity index is 1.76. The van der Waals surface area contributed by atoms with Crippen molar-refractivity contribution in [1.29, 1.82) is 0 Å². The summed E-state index contributed by atoms with van der Waals surface area (Å²) in [6.07, 6.45) is 6.78. The molecule has 0 atom stereocenters. The molecule has 0 saturated carbocycles. The van der Waals surface area contributed by atoms with Crippen molar-refractivity contribution in [3.05, 3.63) is 36.2 Å². The molecular formula is C17H24N4O2. The molecule has 23 heavy (non-hydrogen) atoms. The molecule has 0 aliphatic carbocycles. The van der Waals surface area contributed by atoms with E-state index in [2.05, 4.69) is 15.2 Å². The van der Waals surface area contributed by atoms with Crippen LogP contribution in [0.4, 0.5) is 0 Å². The average Bonchev–Trinajstić information content (AvgIpc) is 2.53. The van der Waals surface area contributed by atoms with E-state index in [1.807, 2.05) is 30.9 Å². The highest BCUT2D eigenvalue weighted by atomic mass is 16.2. The average molecular weight is 316 g/mol. The minimum Gasteiger partial charge on any atom is -0.353 e. The Hall–Kier alpha value is -2.21. The molecule has 6 heteroatoms. The molecular weight excluding hydrogens is 292 g/mol. The number of aromatic nitrogens is 1. The molecule has 1 aliphatic heterocycles. The number of piperazine rings is 1. The standard InChI is InChI=1S/C17H24N4O2/c1-14(2)19-16(22)13-20-8-10-21(11-9-20)17(23)6-5-15-4-3-7-18-12-15/h3-7,12,14H,8-11,13H2,1-2H3,(H,19,22)/b6-5+. The van der Waals surface area contributed by atoms with E-state index in [0.717, 1.165) is 18.7 Å². The Bertz CT molecular complexity index is 549. The molecule has 1 aromatic rings. The van der Waals surface area contributed by atoms with Crippen molar-refractivity contribution in [1.82, 2.24) is 20.1 Å². The Morgan fingerprint density at radius 1 is 1.30 bits per heavy atom. The number of hydrogen-bond donors (Lipinski definition) is 1. The van der Waals surface area contributed by atoms with Gasteiger partial charge in [-0.15, -0.1) is 0 Å². The number of pyridine rings is 1. The first-order chi connectivity index (χ1) is 11.0. The number of amides is 2. The lowest BCUT2D eigenvalue weighted by Crippen LogP contribution is -2.51. The van der Waals surface area contributed by atoms with Gasteiger partial charge in [-0.05, 0) is 31.6 Å². The van der Waals surface area contributed by atoms with Gasteiger partial charge in [0.1, 0.15) is 0 Å². The van der Waals surface area contributed by atoms with Crippen LogP contribution in [0, 0.1) is 0 Å². The molecule has 2 rings (SSSR count). The zero-order valence-corrected chi connectivity index (χ0v) is 13.7. The van der Waals surface area contributed by atoms with Crippen molar-refractivity contribution in [2.45, 2.75) is 19.9 Å². The molecule has 1 aliphatic rings. The van der Waals surface area contributed by atoms with Gasteiger partial charge in [-0.2, -0.15) is 0 Å². The third-order valence-electron chi connectivity index (χ3n) is 3.60. The molecule has 0 unspecified atom stereocenters. The van der Waals surface area contributed by atoms with Gasteiger partial charge < -0.3 is 10.2 Å². The van der Waals surface area contributed by atoms with Crippen LogP contribution in [0.25, 0.3) is 6.08 Å². The van der Waals surface area contributed by atoms with Crippen LogP contribution < -0.4 is 5.32 Å². The van der Waals surface area contributed by atoms with E-state index in [1.54, 1.807) is 24.5 Å². The van der Waals surface area contributed by atoms with Gasteiger partial charge in [0.2, 0.25) is 11.8 Å². The van der Waals surface area contributed by atoms with E-state index in [4.69, 9.17) is 0 Å². The molecule has 6 nitrogen and oxygen atoms in total. The summed E-state index contributed by atoms with van der Waals surface area (Å²) in [7, 11) is 0. The van der Waals surface area contributed by atoms with E-state index in [-0.39, 0.29) is 17.9 Å². The maximum atomic E-state index is 12.2. The fourth-order valence-electron chi connectivity index (χ4n) is 2.44. The normalized spacial score (nSPS) is 16.0. The SMILES string of the molecule is CC(C)NC(=O)CN1CCN(C(=O)/C=C/c2cccnc2)CC1. The number of hydrogen-bond acceptors (Lipinski definition) is 4. The molecule has 0 aromatic carbocycles. The van der Waals surface area contributed by atoms with Crippen LogP contribution in [0.3, 0.4) is 0 Å². The molecule has 1 fully saturated rings. The van der Waals surface area contributed by atoms with Crippen LogP contribution in [0.15, 0.2) is 30.6 Å². The Kier molecular flexibility index (Phi) is 6.29. The van der Waals surface area contributed by atoms with Gasteiger partial charge in [0.25, 0.3) is 0 Å². The molecule has 0 spiro atoms. The largest absolute Gasteiger partial charge is 0.353 e. The molecule has 2 heterocycles. The van der Waals surface area contributed by atoms with Crippen LogP contribution in [0.1, 0.15) is 19.4 Å². The first-order valence-electron chi connectivity index (χ1n) is 7.93. The van der Waals surface area contributed by atoms with E-state index in [9.17, 15) is 9.59 Å². The Morgan fingerprint density at radius 3 is 2.65 bits per heavy atom. The second kappa shape index (κ2) is 8.43. The van der Waals surface area contributed by atoms with Crippen molar-refractivity contribution in [3.8, 4) is 0 Å². The number of carbonyl (C=O) groups is 2. The molecule has 0 radical (unpaired) electrons. The Labute approximate surface area is 137 Å². The van der Waals surface area contributed by atoms with Gasteiger partial charge in [-0.25, -0.2) is 0 Å². The second-order valence-corrected chi connectivity index (χ2v) is 5.94. The predicted molar refractivity (Wildman–Crippen MR) is 89.6 cm³/mol. The third kappa shape index (κ3) is 5.83. The summed E-state index contributed by atoms with van der Waals surface area (Å²) < 4.78 is 0. The van der Waals surface area contributed by atoms with Crippen LogP contribution in [0.5, 0.6) is 0 Å². The predicted octanol–water partition coefficient (Wildman–Crippen LogP) is 0.764. The van der Waals surface area contributed by atoms with Crippen LogP contribution in [-0.4, -0.2) is 65.4 Å². The first kappa shape index (κ1) is 17.1. The lowest BCUT2D eigenvalue weighted by Gasteiger charge is -2.33. The number of nitrogens with zero attached hydrogens (tertiary/aromatic N) is 3. The van der Waals surface area contributed by atoms with Crippen LogP contribution in [-0.2, 0) is 9.59 Å². The Morgan fingerprint density at radius 2 is 2.04 bits per heavy atom. The lowest BCUT2D eigenvalue weighted by molar-refractivity contribution is -0.128. The summed E-state index contributed by atoms with van der Waals surface area (Å²) in [6, 6.07) is 3.90. The molecule has 2 amide bonds. The minimum atomic E-state index is 0.000125. The molecule has 1 saturated heterocycles. The van der Waals surface area contributed by atoms with Crippen molar-refractivity contribution in [2.24, 2.45) is 0 Å². The van der Waals surface area contributed by atoms with Crippen LogP contribution >= 0.6 is 0 Å². The fourth-order valence-corrected chi connectivity index (χ4v) is 2.44. The van der Waals surface area contributed by atoms with Crippen LogP contribution in [0.2, 0.25) is 0 Å². The monoisotopic (exact) mass is 316 g/mol. The summed E-state index contributed by atoms with van der Waals surface area (Å²) in [5, 5.41) is 2.88. The smallest absolute Gasteiger partial charge is 0.246 e. The van der Waals surface area contributed by atoms with Gasteiger partial charge in [-0.1, -0.05) is 6.07 Å². The van der Waals surface area contributed by atoms with Crippen molar-refractivity contribution >= 4 is 17.9 Å². The quantitative estimate of drug-likeness (QED) is 0.815. The number of carbonyl (C=O) groups excluding carboxylic acids is 2. The minimum absolute atomic E-state index is 0.000125. The van der Waals surface area contributed by atoms with Gasteiger partial charge in [0.05, 0.1) is 6.54 Å². The highest BCUT2D eigenvalue weighted by Gasteiger charge is 2.21. The van der Waals surface area contributed by atoms with Gasteiger partial charge in [-0.3, -0.25) is 19.5 Å². The van der Waals surface area contributed by atoms with Gasteiger partial charge in [0, 0.05) is 50.7 Å². The lowest BCUT2D eigenvalue weighted by atomic mass is 10.2. The van der Waals surface area contributed by atoms with E-state index in [0.29, 0.717) is 19.6 Å². The van der Waals surface area contributed by atoms with Crippen molar-refractivity contribution in [3.63, 3.8) is 0 Å².